The van der Waals surface area contributed by atoms with Crippen molar-refractivity contribution < 1.29 is 9.90 Å². The van der Waals surface area contributed by atoms with Crippen molar-refractivity contribution in [2.24, 2.45) is 0 Å². The Kier molecular flexibility index (Phi) is 1.69. The Labute approximate surface area is 74.2 Å². The molecule has 68 valence electrons. The van der Waals surface area contributed by atoms with Gasteiger partial charge in [-0.1, -0.05) is 0 Å². The van der Waals surface area contributed by atoms with Crippen molar-refractivity contribution in [1.82, 2.24) is 4.98 Å². The first kappa shape index (κ1) is 8.04. The monoisotopic (exact) mass is 179 g/mol. The van der Waals surface area contributed by atoms with Gasteiger partial charge >= 0.3 is 5.97 Å². The van der Waals surface area contributed by atoms with Gasteiger partial charge < -0.3 is 10.1 Å². The SMILES string of the molecule is O=C(O)c1c(C2CC2)cc[nH]c1=O. The summed E-state index contributed by atoms with van der Waals surface area (Å²) in [4.78, 5) is 24.3. The van der Waals surface area contributed by atoms with Crippen molar-refractivity contribution in [3.63, 3.8) is 0 Å². The van der Waals surface area contributed by atoms with Crippen LogP contribution in [0.3, 0.4) is 0 Å². The van der Waals surface area contributed by atoms with Gasteiger partial charge in [-0.3, -0.25) is 4.79 Å². The summed E-state index contributed by atoms with van der Waals surface area (Å²) < 4.78 is 0. The summed E-state index contributed by atoms with van der Waals surface area (Å²) in [7, 11) is 0. The first-order valence-corrected chi connectivity index (χ1v) is 4.15. The third-order valence-corrected chi connectivity index (χ3v) is 2.22. The molecule has 1 aliphatic carbocycles. The first-order chi connectivity index (χ1) is 6.20. The second kappa shape index (κ2) is 2.73. The van der Waals surface area contributed by atoms with Crippen LogP contribution in [0.15, 0.2) is 17.1 Å². The summed E-state index contributed by atoms with van der Waals surface area (Å²) >= 11 is 0. The van der Waals surface area contributed by atoms with E-state index in [9.17, 15) is 9.59 Å². The number of hydrogen-bond donors (Lipinski definition) is 2. The number of hydrogen-bond acceptors (Lipinski definition) is 2. The lowest BCUT2D eigenvalue weighted by Gasteiger charge is -2.01. The second-order valence-corrected chi connectivity index (χ2v) is 3.22. The minimum Gasteiger partial charge on any atom is -0.477 e. The summed E-state index contributed by atoms with van der Waals surface area (Å²) in [5.41, 5.74) is 0.0816. The molecule has 1 aliphatic rings. The van der Waals surface area contributed by atoms with Gasteiger partial charge in [-0.15, -0.1) is 0 Å². The summed E-state index contributed by atoms with van der Waals surface area (Å²) in [6.45, 7) is 0. The van der Waals surface area contributed by atoms with E-state index in [4.69, 9.17) is 5.11 Å². The fourth-order valence-electron chi connectivity index (χ4n) is 1.45. The smallest absolute Gasteiger partial charge is 0.341 e. The van der Waals surface area contributed by atoms with Crippen molar-refractivity contribution in [3.05, 3.63) is 33.7 Å². The van der Waals surface area contributed by atoms with Crippen LogP contribution in [0.25, 0.3) is 0 Å². The molecule has 0 unspecified atom stereocenters. The van der Waals surface area contributed by atoms with E-state index in [2.05, 4.69) is 4.98 Å². The molecule has 4 nitrogen and oxygen atoms in total. The predicted molar refractivity (Wildman–Crippen MR) is 46.0 cm³/mol. The van der Waals surface area contributed by atoms with E-state index in [0.29, 0.717) is 5.56 Å². The second-order valence-electron chi connectivity index (χ2n) is 3.22. The summed E-state index contributed by atoms with van der Waals surface area (Å²) in [5, 5.41) is 8.80. The number of pyridine rings is 1. The number of carboxylic acid groups (broad SMARTS) is 1. The van der Waals surface area contributed by atoms with Crippen molar-refractivity contribution >= 4 is 5.97 Å². The van der Waals surface area contributed by atoms with E-state index in [1.54, 1.807) is 6.07 Å². The maximum atomic E-state index is 11.2. The normalized spacial score (nSPS) is 15.7. The Morgan fingerprint density at radius 1 is 1.54 bits per heavy atom. The Hall–Kier alpha value is -1.58. The highest BCUT2D eigenvalue weighted by molar-refractivity contribution is 5.89. The van der Waals surface area contributed by atoms with Gasteiger partial charge in [0.25, 0.3) is 5.56 Å². The van der Waals surface area contributed by atoms with Gasteiger partial charge in [-0.05, 0) is 30.4 Å². The molecule has 2 N–H and O–H groups in total. The number of carboxylic acids is 1. The van der Waals surface area contributed by atoms with E-state index in [1.165, 1.54) is 6.20 Å². The van der Waals surface area contributed by atoms with Crippen LogP contribution in [0, 0.1) is 0 Å². The van der Waals surface area contributed by atoms with Crippen molar-refractivity contribution in [2.45, 2.75) is 18.8 Å². The predicted octanol–water partition coefficient (Wildman–Crippen LogP) is 0.950. The van der Waals surface area contributed by atoms with Crippen molar-refractivity contribution in [2.75, 3.05) is 0 Å². The average molecular weight is 179 g/mol. The first-order valence-electron chi connectivity index (χ1n) is 4.15. The van der Waals surface area contributed by atoms with Crippen molar-refractivity contribution in [3.8, 4) is 0 Å². The molecule has 2 rings (SSSR count). The fraction of sp³-hybridized carbons (Fsp3) is 0.333. The van der Waals surface area contributed by atoms with Crippen LogP contribution < -0.4 is 5.56 Å². The van der Waals surface area contributed by atoms with Gasteiger partial charge in [0, 0.05) is 6.20 Å². The highest BCUT2D eigenvalue weighted by Gasteiger charge is 2.29. The molecule has 0 saturated heterocycles. The number of carbonyl (C=O) groups is 1. The molecule has 0 spiro atoms. The molecule has 0 bridgehead atoms. The van der Waals surface area contributed by atoms with E-state index in [0.717, 1.165) is 12.8 Å². The number of aromatic nitrogens is 1. The van der Waals surface area contributed by atoms with Gasteiger partial charge in [-0.2, -0.15) is 0 Å². The van der Waals surface area contributed by atoms with E-state index in [1.807, 2.05) is 0 Å². The molecule has 1 heterocycles. The number of rotatable bonds is 2. The topological polar surface area (TPSA) is 70.2 Å². The third-order valence-electron chi connectivity index (χ3n) is 2.22. The molecule has 0 amide bonds. The van der Waals surface area contributed by atoms with Gasteiger partial charge in [-0.25, -0.2) is 4.79 Å². The maximum Gasteiger partial charge on any atom is 0.341 e. The van der Waals surface area contributed by atoms with E-state index < -0.39 is 11.5 Å². The zero-order valence-electron chi connectivity index (χ0n) is 6.91. The quantitative estimate of drug-likeness (QED) is 0.710. The molecule has 1 fully saturated rings. The average Bonchev–Trinajstić information content (AvgIpc) is 2.85. The van der Waals surface area contributed by atoms with Gasteiger partial charge in [0.05, 0.1) is 0 Å². The van der Waals surface area contributed by atoms with E-state index in [-0.39, 0.29) is 11.5 Å². The molecule has 0 radical (unpaired) electrons. The Morgan fingerprint density at radius 3 is 2.77 bits per heavy atom. The highest BCUT2D eigenvalue weighted by Crippen LogP contribution is 2.40. The molecule has 1 saturated carbocycles. The lowest BCUT2D eigenvalue weighted by atomic mass is 10.1. The van der Waals surface area contributed by atoms with Gasteiger partial charge in [0.2, 0.25) is 0 Å². The maximum absolute atomic E-state index is 11.2. The summed E-state index contributed by atoms with van der Waals surface area (Å²) in [5.74, 6) is -0.850. The van der Waals surface area contributed by atoms with Crippen LogP contribution in [-0.4, -0.2) is 16.1 Å². The molecule has 4 heteroatoms. The molecule has 13 heavy (non-hydrogen) atoms. The number of H-pyrrole nitrogens is 1. The molecule has 1 aromatic rings. The highest BCUT2D eigenvalue weighted by atomic mass is 16.4. The van der Waals surface area contributed by atoms with Crippen LogP contribution >= 0.6 is 0 Å². The number of aromatic amines is 1. The minimum atomic E-state index is -1.14. The molecule has 0 aliphatic heterocycles. The van der Waals surface area contributed by atoms with Crippen LogP contribution in [0.1, 0.15) is 34.7 Å². The van der Waals surface area contributed by atoms with Crippen molar-refractivity contribution in [1.29, 1.82) is 0 Å². The van der Waals surface area contributed by atoms with Crippen LogP contribution in [0.4, 0.5) is 0 Å². The largest absolute Gasteiger partial charge is 0.477 e. The van der Waals surface area contributed by atoms with Crippen LogP contribution in [-0.2, 0) is 0 Å². The standard InChI is InChI=1S/C9H9NO3/c11-8-7(9(12)13)6(3-4-10-8)5-1-2-5/h3-5H,1-2H2,(H,10,11)(H,12,13). The number of nitrogens with one attached hydrogen (secondary N) is 1. The zero-order valence-corrected chi connectivity index (χ0v) is 6.91. The molecule has 1 aromatic heterocycles. The Balaban J connectivity index is 2.60. The van der Waals surface area contributed by atoms with Crippen LogP contribution in [0.2, 0.25) is 0 Å². The third kappa shape index (κ3) is 1.35. The Bertz CT molecular complexity index is 404. The molecular formula is C9H9NO3. The lowest BCUT2D eigenvalue weighted by Crippen LogP contribution is -2.19. The minimum absolute atomic E-state index is 0.0926. The molecule has 0 aromatic carbocycles. The van der Waals surface area contributed by atoms with Crippen LogP contribution in [0.5, 0.6) is 0 Å². The van der Waals surface area contributed by atoms with E-state index >= 15 is 0 Å². The van der Waals surface area contributed by atoms with Gasteiger partial charge in [0.15, 0.2) is 0 Å². The molecular weight excluding hydrogens is 170 g/mol. The number of aromatic carboxylic acids is 1. The summed E-state index contributed by atoms with van der Waals surface area (Å²) in [6.07, 6.45) is 3.48. The summed E-state index contributed by atoms with van der Waals surface area (Å²) in [6, 6.07) is 1.68. The molecule has 0 atom stereocenters. The zero-order chi connectivity index (χ0) is 9.42. The lowest BCUT2D eigenvalue weighted by molar-refractivity contribution is 0.0693. The Morgan fingerprint density at radius 2 is 2.23 bits per heavy atom. The van der Waals surface area contributed by atoms with Gasteiger partial charge in [0.1, 0.15) is 5.56 Å². The fourth-order valence-corrected chi connectivity index (χ4v) is 1.45.